The van der Waals surface area contributed by atoms with E-state index in [4.69, 9.17) is 0 Å². The fraction of sp³-hybridized carbons (Fsp3) is 0.941. The number of aliphatic imine (C=N–C) groups is 1. The molecule has 1 fully saturated rings. The SMILES string of the molecule is CCCCN(C)CCNC(=NC)NC1CCN(S(=O)(=O)CCC)CC1. The number of rotatable bonds is 10. The van der Waals surface area contributed by atoms with Gasteiger partial charge in [-0.3, -0.25) is 4.99 Å². The van der Waals surface area contributed by atoms with Crippen molar-refractivity contribution in [2.45, 2.75) is 52.0 Å². The van der Waals surface area contributed by atoms with E-state index in [9.17, 15) is 8.42 Å². The molecule has 8 heteroatoms. The predicted octanol–water partition coefficient (Wildman–Crippen LogP) is 1.09. The van der Waals surface area contributed by atoms with Gasteiger partial charge in [0.1, 0.15) is 0 Å². The summed E-state index contributed by atoms with van der Waals surface area (Å²) in [6.07, 6.45) is 4.75. The lowest BCUT2D eigenvalue weighted by Crippen LogP contribution is -2.50. The van der Waals surface area contributed by atoms with Gasteiger partial charge >= 0.3 is 0 Å². The molecule has 0 aromatic rings. The number of nitrogens with zero attached hydrogens (tertiary/aromatic N) is 3. The van der Waals surface area contributed by atoms with Gasteiger partial charge in [-0.25, -0.2) is 12.7 Å². The van der Waals surface area contributed by atoms with Gasteiger partial charge in [0.05, 0.1) is 5.75 Å². The highest BCUT2D eigenvalue weighted by atomic mass is 32.2. The Morgan fingerprint density at radius 2 is 1.88 bits per heavy atom. The summed E-state index contributed by atoms with van der Waals surface area (Å²) in [5.41, 5.74) is 0. The molecule has 1 rings (SSSR count). The minimum Gasteiger partial charge on any atom is -0.355 e. The largest absolute Gasteiger partial charge is 0.355 e. The van der Waals surface area contributed by atoms with Crippen LogP contribution >= 0.6 is 0 Å². The maximum absolute atomic E-state index is 12.1. The van der Waals surface area contributed by atoms with Crippen molar-refractivity contribution in [1.82, 2.24) is 19.8 Å². The highest BCUT2D eigenvalue weighted by Gasteiger charge is 2.27. The van der Waals surface area contributed by atoms with Gasteiger partial charge in [-0.1, -0.05) is 20.3 Å². The smallest absolute Gasteiger partial charge is 0.214 e. The van der Waals surface area contributed by atoms with Crippen molar-refractivity contribution in [1.29, 1.82) is 0 Å². The molecule has 0 saturated carbocycles. The first kappa shape index (κ1) is 22.2. The molecular formula is C17H37N5O2S. The summed E-state index contributed by atoms with van der Waals surface area (Å²) >= 11 is 0. The van der Waals surface area contributed by atoms with Crippen LogP contribution in [0.3, 0.4) is 0 Å². The molecule has 0 bridgehead atoms. The molecule has 0 spiro atoms. The summed E-state index contributed by atoms with van der Waals surface area (Å²) in [6, 6.07) is 0.275. The first-order chi connectivity index (χ1) is 11.9. The van der Waals surface area contributed by atoms with E-state index in [0.717, 1.165) is 38.4 Å². The van der Waals surface area contributed by atoms with E-state index in [-0.39, 0.29) is 11.8 Å². The molecule has 7 nitrogen and oxygen atoms in total. The number of hydrogen-bond acceptors (Lipinski definition) is 4. The minimum atomic E-state index is -3.07. The minimum absolute atomic E-state index is 0.250. The van der Waals surface area contributed by atoms with Crippen molar-refractivity contribution in [3.05, 3.63) is 0 Å². The summed E-state index contributed by atoms with van der Waals surface area (Å²) < 4.78 is 25.9. The highest BCUT2D eigenvalue weighted by molar-refractivity contribution is 7.89. The lowest BCUT2D eigenvalue weighted by atomic mass is 10.1. The first-order valence-corrected chi connectivity index (χ1v) is 11.2. The Morgan fingerprint density at radius 1 is 1.20 bits per heavy atom. The first-order valence-electron chi connectivity index (χ1n) is 9.56. The number of hydrogen-bond donors (Lipinski definition) is 2. The summed E-state index contributed by atoms with van der Waals surface area (Å²) in [5.74, 6) is 1.05. The van der Waals surface area contributed by atoms with E-state index in [1.165, 1.54) is 12.8 Å². The Labute approximate surface area is 154 Å². The number of piperidine rings is 1. The van der Waals surface area contributed by atoms with Crippen molar-refractivity contribution in [2.75, 3.05) is 52.6 Å². The van der Waals surface area contributed by atoms with Gasteiger partial charge in [0, 0.05) is 39.3 Å². The molecule has 25 heavy (non-hydrogen) atoms. The van der Waals surface area contributed by atoms with Crippen LogP contribution in [0.5, 0.6) is 0 Å². The van der Waals surface area contributed by atoms with Crippen LogP contribution in [0.15, 0.2) is 4.99 Å². The molecule has 0 unspecified atom stereocenters. The zero-order valence-corrected chi connectivity index (χ0v) is 17.2. The van der Waals surface area contributed by atoms with Gasteiger partial charge in [-0.2, -0.15) is 0 Å². The zero-order chi connectivity index (χ0) is 18.7. The average molecular weight is 376 g/mol. The number of nitrogens with one attached hydrogen (secondary N) is 2. The van der Waals surface area contributed by atoms with E-state index in [1.54, 1.807) is 11.4 Å². The topological polar surface area (TPSA) is 77.0 Å². The lowest BCUT2D eigenvalue weighted by molar-refractivity contribution is 0.305. The number of sulfonamides is 1. The van der Waals surface area contributed by atoms with Crippen LogP contribution < -0.4 is 10.6 Å². The van der Waals surface area contributed by atoms with Crippen molar-refractivity contribution in [3.63, 3.8) is 0 Å². The van der Waals surface area contributed by atoms with Gasteiger partial charge in [-0.15, -0.1) is 0 Å². The molecule has 0 amide bonds. The molecular weight excluding hydrogens is 338 g/mol. The van der Waals surface area contributed by atoms with Crippen molar-refractivity contribution < 1.29 is 8.42 Å². The molecule has 1 heterocycles. The van der Waals surface area contributed by atoms with E-state index in [1.807, 2.05) is 6.92 Å². The molecule has 0 radical (unpaired) electrons. The highest BCUT2D eigenvalue weighted by Crippen LogP contribution is 2.15. The zero-order valence-electron chi connectivity index (χ0n) is 16.4. The summed E-state index contributed by atoms with van der Waals surface area (Å²) in [6.45, 7) is 8.25. The third kappa shape index (κ3) is 8.37. The quantitative estimate of drug-likeness (QED) is 0.441. The van der Waals surface area contributed by atoms with Crippen LogP contribution in [0, 0.1) is 0 Å². The normalized spacial score (nSPS) is 17.9. The Balaban J connectivity index is 2.31. The molecule has 2 N–H and O–H groups in total. The summed E-state index contributed by atoms with van der Waals surface area (Å²) in [5, 5.41) is 6.78. The average Bonchev–Trinajstić information content (AvgIpc) is 2.59. The van der Waals surface area contributed by atoms with Gasteiger partial charge in [0.25, 0.3) is 0 Å². The second-order valence-electron chi connectivity index (χ2n) is 6.79. The van der Waals surface area contributed by atoms with Crippen LogP contribution in [0.1, 0.15) is 46.0 Å². The van der Waals surface area contributed by atoms with Crippen LogP contribution in [-0.4, -0.2) is 82.2 Å². The van der Waals surface area contributed by atoms with Crippen molar-refractivity contribution in [2.24, 2.45) is 4.99 Å². The second-order valence-corrected chi connectivity index (χ2v) is 8.88. The molecule has 0 aliphatic carbocycles. The molecule has 1 saturated heterocycles. The van der Waals surface area contributed by atoms with Crippen LogP contribution in [0.2, 0.25) is 0 Å². The fourth-order valence-electron chi connectivity index (χ4n) is 2.96. The van der Waals surface area contributed by atoms with Gasteiger partial charge < -0.3 is 15.5 Å². The van der Waals surface area contributed by atoms with Crippen molar-refractivity contribution >= 4 is 16.0 Å². The van der Waals surface area contributed by atoms with Crippen LogP contribution in [0.4, 0.5) is 0 Å². The summed E-state index contributed by atoms with van der Waals surface area (Å²) in [7, 11) is 0.845. The van der Waals surface area contributed by atoms with E-state index < -0.39 is 10.0 Å². The van der Waals surface area contributed by atoms with E-state index in [0.29, 0.717) is 19.5 Å². The van der Waals surface area contributed by atoms with Gasteiger partial charge in [-0.05, 0) is 39.3 Å². The Morgan fingerprint density at radius 3 is 2.44 bits per heavy atom. The van der Waals surface area contributed by atoms with Crippen molar-refractivity contribution in [3.8, 4) is 0 Å². The Kier molecular flexibility index (Phi) is 10.4. The third-order valence-electron chi connectivity index (χ3n) is 4.55. The summed E-state index contributed by atoms with van der Waals surface area (Å²) in [4.78, 5) is 6.60. The Bertz CT molecular complexity index is 487. The molecule has 1 aliphatic rings. The number of unbranched alkanes of at least 4 members (excludes halogenated alkanes) is 1. The number of likely N-dealkylation sites (N-methyl/N-ethyl adjacent to an activating group) is 1. The van der Waals surface area contributed by atoms with Crippen LogP contribution in [-0.2, 0) is 10.0 Å². The predicted molar refractivity (Wildman–Crippen MR) is 106 cm³/mol. The fourth-order valence-corrected chi connectivity index (χ4v) is 4.50. The molecule has 1 aliphatic heterocycles. The lowest BCUT2D eigenvalue weighted by Gasteiger charge is -2.32. The maximum atomic E-state index is 12.1. The standard InChI is InChI=1S/C17H37N5O2S/c1-5-7-11-21(4)14-10-19-17(18-3)20-16-8-12-22(13-9-16)25(23,24)15-6-2/h16H,5-15H2,1-4H3,(H2,18,19,20). The molecule has 148 valence electrons. The molecule has 0 aromatic carbocycles. The monoisotopic (exact) mass is 375 g/mol. The Hall–Kier alpha value is -0.860. The van der Waals surface area contributed by atoms with Gasteiger partial charge in [0.2, 0.25) is 10.0 Å². The third-order valence-corrected chi connectivity index (χ3v) is 6.63. The van der Waals surface area contributed by atoms with Gasteiger partial charge in [0.15, 0.2) is 5.96 Å². The molecule has 0 aromatic heterocycles. The molecule has 0 atom stereocenters. The van der Waals surface area contributed by atoms with E-state index in [2.05, 4.69) is 34.5 Å². The second kappa shape index (κ2) is 11.7. The van der Waals surface area contributed by atoms with E-state index >= 15 is 0 Å². The number of guanidine groups is 1. The maximum Gasteiger partial charge on any atom is 0.214 e. The van der Waals surface area contributed by atoms with Crippen LogP contribution in [0.25, 0.3) is 0 Å².